The van der Waals surface area contributed by atoms with Crippen LogP contribution in [-0.4, -0.2) is 48.6 Å². The third-order valence-corrected chi connectivity index (χ3v) is 4.91. The van der Waals surface area contributed by atoms with E-state index in [-0.39, 0.29) is 0 Å². The Balaban J connectivity index is 1.62. The molecule has 1 aliphatic carbocycles. The van der Waals surface area contributed by atoms with E-state index in [1.165, 1.54) is 58.2 Å². The van der Waals surface area contributed by atoms with Gasteiger partial charge in [-0.3, -0.25) is 4.90 Å². The molecule has 3 heterocycles. The molecule has 3 saturated heterocycles. The van der Waals surface area contributed by atoms with Crippen molar-refractivity contribution >= 4 is 0 Å². The van der Waals surface area contributed by atoms with Crippen molar-refractivity contribution in [3.8, 4) is 0 Å². The molecule has 4 aliphatic rings. The lowest BCUT2D eigenvalue weighted by atomic mass is 9.78. The third kappa shape index (κ3) is 1.94. The highest BCUT2D eigenvalue weighted by Gasteiger charge is 2.37. The number of piperidine rings is 3. The van der Waals surface area contributed by atoms with E-state index in [0.717, 1.165) is 18.0 Å². The van der Waals surface area contributed by atoms with Crippen LogP contribution in [0, 0.1) is 5.92 Å². The second-order valence-electron chi connectivity index (χ2n) is 5.91. The van der Waals surface area contributed by atoms with Gasteiger partial charge in [-0.05, 0) is 64.6 Å². The molecule has 2 nitrogen and oxygen atoms in total. The second kappa shape index (κ2) is 4.06. The minimum absolute atomic E-state index is 0.925. The van der Waals surface area contributed by atoms with Crippen molar-refractivity contribution < 1.29 is 0 Å². The lowest BCUT2D eigenvalue weighted by molar-refractivity contribution is -0.00600. The number of fused-ring (bicyclic) bond motifs is 3. The molecule has 2 bridgehead atoms. The Morgan fingerprint density at radius 1 is 0.800 bits per heavy atom. The second-order valence-corrected chi connectivity index (χ2v) is 5.91. The predicted octanol–water partition coefficient (Wildman–Crippen LogP) is 1.95. The summed E-state index contributed by atoms with van der Waals surface area (Å²) in [6.07, 6.45) is 8.87. The lowest BCUT2D eigenvalue weighted by Gasteiger charge is -2.50. The summed E-state index contributed by atoms with van der Waals surface area (Å²) in [5, 5.41) is 0. The molecule has 0 aromatic heterocycles. The summed E-state index contributed by atoms with van der Waals surface area (Å²) < 4.78 is 0. The summed E-state index contributed by atoms with van der Waals surface area (Å²) in [6.45, 7) is 4.07. The number of hydrogen-bond acceptors (Lipinski definition) is 2. The molecule has 2 heteroatoms. The molecule has 0 unspecified atom stereocenters. The third-order valence-electron chi connectivity index (χ3n) is 4.91. The molecule has 86 valence electrons. The van der Waals surface area contributed by atoms with Crippen molar-refractivity contribution in [3.63, 3.8) is 0 Å². The Hall–Kier alpha value is -0.0800. The smallest absolute Gasteiger partial charge is 0.0123 e. The molecule has 0 aromatic rings. The number of rotatable bonds is 1. The van der Waals surface area contributed by atoms with Gasteiger partial charge in [-0.2, -0.15) is 0 Å². The molecule has 15 heavy (non-hydrogen) atoms. The zero-order valence-electron chi connectivity index (χ0n) is 9.99. The maximum absolute atomic E-state index is 2.88. The van der Waals surface area contributed by atoms with E-state index >= 15 is 0 Å². The molecule has 4 fully saturated rings. The topological polar surface area (TPSA) is 6.48 Å². The van der Waals surface area contributed by atoms with E-state index in [1.807, 2.05) is 0 Å². The molecular formula is C13H24N2. The SMILES string of the molecule is CN1CCC(N2CC3CCC2CC3)CC1. The van der Waals surface area contributed by atoms with Crippen LogP contribution >= 0.6 is 0 Å². The van der Waals surface area contributed by atoms with Crippen LogP contribution in [-0.2, 0) is 0 Å². The van der Waals surface area contributed by atoms with Gasteiger partial charge in [-0.25, -0.2) is 0 Å². The average molecular weight is 208 g/mol. The van der Waals surface area contributed by atoms with E-state index < -0.39 is 0 Å². The van der Waals surface area contributed by atoms with Crippen molar-refractivity contribution in [3.05, 3.63) is 0 Å². The molecule has 0 aromatic carbocycles. The molecule has 0 N–H and O–H groups in total. The first-order valence-corrected chi connectivity index (χ1v) is 6.77. The first-order valence-electron chi connectivity index (χ1n) is 6.77. The normalized spacial score (nSPS) is 39.8. The van der Waals surface area contributed by atoms with Crippen LogP contribution in [0.5, 0.6) is 0 Å². The molecular weight excluding hydrogens is 184 g/mol. The Labute approximate surface area is 93.6 Å². The Kier molecular flexibility index (Phi) is 2.73. The molecule has 3 aliphatic heterocycles. The highest BCUT2D eigenvalue weighted by molar-refractivity contribution is 4.92. The van der Waals surface area contributed by atoms with Crippen LogP contribution in [0.1, 0.15) is 38.5 Å². The first kappa shape index (κ1) is 10.1. The maximum atomic E-state index is 2.88. The van der Waals surface area contributed by atoms with E-state index in [0.29, 0.717) is 0 Å². The van der Waals surface area contributed by atoms with Crippen LogP contribution in [0.2, 0.25) is 0 Å². The van der Waals surface area contributed by atoms with E-state index in [1.54, 1.807) is 0 Å². The lowest BCUT2D eigenvalue weighted by Crippen LogP contribution is -2.55. The van der Waals surface area contributed by atoms with Gasteiger partial charge in [-0.15, -0.1) is 0 Å². The number of hydrogen-bond donors (Lipinski definition) is 0. The average Bonchev–Trinajstić information content (AvgIpc) is 2.31. The van der Waals surface area contributed by atoms with Crippen LogP contribution in [0.3, 0.4) is 0 Å². The Morgan fingerprint density at radius 2 is 1.40 bits per heavy atom. The molecule has 0 spiro atoms. The van der Waals surface area contributed by atoms with Crippen LogP contribution in [0.4, 0.5) is 0 Å². The fourth-order valence-electron chi connectivity index (χ4n) is 3.88. The molecule has 0 atom stereocenters. The van der Waals surface area contributed by atoms with Gasteiger partial charge in [0.05, 0.1) is 0 Å². The van der Waals surface area contributed by atoms with Crippen LogP contribution in [0.15, 0.2) is 0 Å². The predicted molar refractivity (Wildman–Crippen MR) is 63.0 cm³/mol. The highest BCUT2D eigenvalue weighted by Crippen LogP contribution is 2.37. The standard InChI is InChI=1S/C13H24N2/c1-14-8-6-13(7-9-14)15-10-11-2-4-12(15)5-3-11/h11-13H,2-10H2,1H3. The van der Waals surface area contributed by atoms with Crippen molar-refractivity contribution in [2.75, 3.05) is 26.7 Å². The fourth-order valence-corrected chi connectivity index (χ4v) is 3.88. The Bertz CT molecular complexity index is 213. The van der Waals surface area contributed by atoms with E-state index in [2.05, 4.69) is 16.8 Å². The van der Waals surface area contributed by atoms with Gasteiger partial charge >= 0.3 is 0 Å². The molecule has 0 amide bonds. The molecule has 4 rings (SSSR count). The summed E-state index contributed by atoms with van der Waals surface area (Å²) in [7, 11) is 2.26. The van der Waals surface area contributed by atoms with Crippen molar-refractivity contribution in [1.29, 1.82) is 0 Å². The van der Waals surface area contributed by atoms with Gasteiger partial charge in [0.1, 0.15) is 0 Å². The maximum Gasteiger partial charge on any atom is 0.0123 e. The summed E-state index contributed by atoms with van der Waals surface area (Å²) >= 11 is 0. The van der Waals surface area contributed by atoms with Gasteiger partial charge in [0.25, 0.3) is 0 Å². The quantitative estimate of drug-likeness (QED) is 0.650. The minimum Gasteiger partial charge on any atom is -0.306 e. The van der Waals surface area contributed by atoms with Crippen LogP contribution < -0.4 is 0 Å². The van der Waals surface area contributed by atoms with Gasteiger partial charge in [0.2, 0.25) is 0 Å². The van der Waals surface area contributed by atoms with Gasteiger partial charge < -0.3 is 4.90 Å². The van der Waals surface area contributed by atoms with Crippen molar-refractivity contribution in [2.24, 2.45) is 5.92 Å². The zero-order chi connectivity index (χ0) is 10.3. The van der Waals surface area contributed by atoms with Crippen molar-refractivity contribution in [2.45, 2.75) is 50.6 Å². The largest absolute Gasteiger partial charge is 0.306 e. The minimum atomic E-state index is 0.925. The molecule has 0 radical (unpaired) electrons. The number of likely N-dealkylation sites (tertiary alicyclic amines) is 1. The summed E-state index contributed by atoms with van der Waals surface area (Å²) in [6, 6.07) is 1.89. The summed E-state index contributed by atoms with van der Waals surface area (Å²) in [5.41, 5.74) is 0. The zero-order valence-corrected chi connectivity index (χ0v) is 9.99. The molecule has 1 saturated carbocycles. The fraction of sp³-hybridized carbons (Fsp3) is 1.00. The van der Waals surface area contributed by atoms with Gasteiger partial charge in [0.15, 0.2) is 0 Å². The van der Waals surface area contributed by atoms with Gasteiger partial charge in [-0.1, -0.05) is 0 Å². The highest BCUT2D eigenvalue weighted by atomic mass is 15.2. The summed E-state index contributed by atoms with van der Waals surface area (Å²) in [4.78, 5) is 5.36. The summed E-state index contributed by atoms with van der Waals surface area (Å²) in [5.74, 6) is 1.05. The van der Waals surface area contributed by atoms with Crippen molar-refractivity contribution in [1.82, 2.24) is 9.80 Å². The van der Waals surface area contributed by atoms with Crippen LogP contribution in [0.25, 0.3) is 0 Å². The van der Waals surface area contributed by atoms with E-state index in [9.17, 15) is 0 Å². The number of nitrogens with zero attached hydrogens (tertiary/aromatic N) is 2. The monoisotopic (exact) mass is 208 g/mol. The van der Waals surface area contributed by atoms with Gasteiger partial charge in [0, 0.05) is 18.6 Å². The Morgan fingerprint density at radius 3 is 1.93 bits per heavy atom. The van der Waals surface area contributed by atoms with E-state index in [4.69, 9.17) is 0 Å². The first-order chi connectivity index (χ1) is 7.33.